The Balaban J connectivity index is 2.60. The third-order valence-corrected chi connectivity index (χ3v) is 3.94. The minimum Gasteiger partial charge on any atom is -0.356 e. The zero-order valence-electron chi connectivity index (χ0n) is 8.63. The first kappa shape index (κ1) is 12.7. The lowest BCUT2D eigenvalue weighted by atomic mass is 10.0. The summed E-state index contributed by atoms with van der Waals surface area (Å²) in [6.07, 6.45) is 0.470. The van der Waals surface area contributed by atoms with Crippen molar-refractivity contribution >= 4 is 33.2 Å². The third kappa shape index (κ3) is 3.93. The average molecular weight is 291 g/mol. The van der Waals surface area contributed by atoms with Crippen LogP contribution in [-0.4, -0.2) is 19.0 Å². The van der Waals surface area contributed by atoms with Gasteiger partial charge >= 0.3 is 0 Å². The molecular formula is C10H15BrN2OS. The molecule has 1 rings (SSSR count). The Labute approximate surface area is 102 Å². The van der Waals surface area contributed by atoms with Crippen molar-refractivity contribution in [1.29, 1.82) is 0 Å². The summed E-state index contributed by atoms with van der Waals surface area (Å²) >= 11 is 5.03. The number of hydrogen-bond donors (Lipinski definition) is 2. The molecule has 0 aromatic carbocycles. The van der Waals surface area contributed by atoms with E-state index in [1.54, 1.807) is 11.3 Å². The van der Waals surface area contributed by atoms with Gasteiger partial charge in [-0.3, -0.25) is 4.79 Å². The molecule has 1 heterocycles. The van der Waals surface area contributed by atoms with Gasteiger partial charge in [-0.05, 0) is 28.9 Å². The molecule has 0 fully saturated rings. The highest BCUT2D eigenvalue weighted by Crippen LogP contribution is 2.28. The fourth-order valence-electron chi connectivity index (χ4n) is 1.34. The normalized spacial score (nSPS) is 12.5. The third-order valence-electron chi connectivity index (χ3n) is 2.08. The number of carbonyl (C=O) groups is 1. The molecule has 0 saturated carbocycles. The van der Waals surface area contributed by atoms with Crippen LogP contribution in [0.4, 0.5) is 0 Å². The number of hydrogen-bond acceptors (Lipinski definition) is 3. The van der Waals surface area contributed by atoms with Crippen LogP contribution in [0.1, 0.15) is 24.1 Å². The van der Waals surface area contributed by atoms with Crippen molar-refractivity contribution in [2.24, 2.45) is 5.73 Å². The number of thiophene rings is 1. The lowest BCUT2D eigenvalue weighted by Gasteiger charge is -2.11. The molecule has 1 amide bonds. The van der Waals surface area contributed by atoms with E-state index >= 15 is 0 Å². The van der Waals surface area contributed by atoms with Gasteiger partial charge in [0.05, 0.1) is 0 Å². The van der Waals surface area contributed by atoms with Gasteiger partial charge in [0.15, 0.2) is 0 Å². The molecule has 0 aliphatic heterocycles. The van der Waals surface area contributed by atoms with Crippen molar-refractivity contribution in [3.05, 3.63) is 20.8 Å². The highest BCUT2D eigenvalue weighted by Gasteiger charge is 2.15. The second kappa shape index (κ2) is 6.25. The maximum atomic E-state index is 11.4. The highest BCUT2D eigenvalue weighted by atomic mass is 79.9. The zero-order chi connectivity index (χ0) is 11.3. The summed E-state index contributed by atoms with van der Waals surface area (Å²) in [5, 5.41) is 4.79. The van der Waals surface area contributed by atoms with Gasteiger partial charge in [-0.25, -0.2) is 0 Å². The minimum atomic E-state index is 0.0671. The van der Waals surface area contributed by atoms with Gasteiger partial charge in [0, 0.05) is 40.2 Å². The van der Waals surface area contributed by atoms with Gasteiger partial charge < -0.3 is 11.1 Å². The number of halogens is 1. The molecule has 0 spiro atoms. The molecule has 0 saturated heterocycles. The van der Waals surface area contributed by atoms with Crippen molar-refractivity contribution in [3.8, 4) is 0 Å². The second-order valence-corrected chi connectivity index (χ2v) is 5.12. The number of carbonyl (C=O) groups excluding carboxylic acids is 1. The maximum Gasteiger partial charge on any atom is 0.220 e. The molecule has 1 aromatic rings. The molecule has 0 bridgehead atoms. The van der Waals surface area contributed by atoms with Crippen LogP contribution in [-0.2, 0) is 4.79 Å². The molecule has 1 unspecified atom stereocenters. The summed E-state index contributed by atoms with van der Waals surface area (Å²) < 4.78 is 1.05. The number of nitrogens with two attached hydrogens (primary N) is 1. The first-order chi connectivity index (χ1) is 7.17. The van der Waals surface area contributed by atoms with E-state index in [1.165, 1.54) is 0 Å². The number of nitrogens with one attached hydrogen (secondary N) is 1. The Kier molecular flexibility index (Phi) is 5.28. The van der Waals surface area contributed by atoms with Gasteiger partial charge in [0.25, 0.3) is 0 Å². The molecule has 1 atom stereocenters. The molecule has 84 valence electrons. The quantitative estimate of drug-likeness (QED) is 0.872. The van der Waals surface area contributed by atoms with E-state index in [0.29, 0.717) is 19.5 Å². The number of amides is 1. The summed E-state index contributed by atoms with van der Waals surface area (Å²) in [5.41, 5.74) is 5.67. The topological polar surface area (TPSA) is 55.1 Å². The summed E-state index contributed by atoms with van der Waals surface area (Å²) in [6, 6.07) is 2.03. The van der Waals surface area contributed by atoms with Crippen LogP contribution in [0.15, 0.2) is 15.9 Å². The Bertz CT molecular complexity index is 327. The fraction of sp³-hybridized carbons (Fsp3) is 0.500. The molecule has 3 N–H and O–H groups in total. The predicted octanol–water partition coefficient (Wildman–Crippen LogP) is 2.08. The van der Waals surface area contributed by atoms with Crippen molar-refractivity contribution in [3.63, 3.8) is 0 Å². The van der Waals surface area contributed by atoms with Gasteiger partial charge in [0.2, 0.25) is 5.91 Å². The van der Waals surface area contributed by atoms with Crippen LogP contribution < -0.4 is 11.1 Å². The van der Waals surface area contributed by atoms with Gasteiger partial charge in [-0.2, -0.15) is 0 Å². The summed E-state index contributed by atoms with van der Waals surface area (Å²) in [5.74, 6) is 0.199. The Hall–Kier alpha value is -0.390. The fourth-order valence-corrected chi connectivity index (χ4v) is 2.90. The molecule has 0 aliphatic carbocycles. The van der Waals surface area contributed by atoms with Crippen LogP contribution in [0.2, 0.25) is 0 Å². The van der Waals surface area contributed by atoms with E-state index in [4.69, 9.17) is 5.73 Å². The largest absolute Gasteiger partial charge is 0.356 e. The van der Waals surface area contributed by atoms with E-state index in [-0.39, 0.29) is 11.8 Å². The van der Waals surface area contributed by atoms with Crippen molar-refractivity contribution in [1.82, 2.24) is 5.32 Å². The summed E-state index contributed by atoms with van der Waals surface area (Å²) in [7, 11) is 0. The average Bonchev–Trinajstić information content (AvgIpc) is 2.61. The zero-order valence-corrected chi connectivity index (χ0v) is 11.0. The Morgan fingerprint density at radius 3 is 2.93 bits per heavy atom. The highest BCUT2D eigenvalue weighted by molar-refractivity contribution is 9.10. The minimum absolute atomic E-state index is 0.0671. The van der Waals surface area contributed by atoms with Gasteiger partial charge in [-0.15, -0.1) is 11.3 Å². The molecule has 5 heteroatoms. The molecule has 1 aromatic heterocycles. The van der Waals surface area contributed by atoms with Gasteiger partial charge in [0.1, 0.15) is 0 Å². The van der Waals surface area contributed by atoms with Crippen LogP contribution >= 0.6 is 27.3 Å². The SMILES string of the molecule is CCNC(=O)CC(CN)c1cc(Br)cs1. The van der Waals surface area contributed by atoms with E-state index < -0.39 is 0 Å². The van der Waals surface area contributed by atoms with E-state index in [1.807, 2.05) is 18.4 Å². The summed E-state index contributed by atoms with van der Waals surface area (Å²) in [4.78, 5) is 12.6. The summed E-state index contributed by atoms with van der Waals surface area (Å²) in [6.45, 7) is 3.09. The number of rotatable bonds is 5. The molecule has 3 nitrogen and oxygen atoms in total. The maximum absolute atomic E-state index is 11.4. The van der Waals surface area contributed by atoms with Crippen LogP contribution in [0.5, 0.6) is 0 Å². The standard InChI is InChI=1S/C10H15BrN2OS/c1-2-13-10(14)3-7(5-12)9-4-8(11)6-15-9/h4,6-7H,2-3,5,12H2,1H3,(H,13,14). The first-order valence-corrected chi connectivity index (χ1v) is 6.55. The Morgan fingerprint density at radius 1 is 1.73 bits per heavy atom. The van der Waals surface area contributed by atoms with E-state index in [2.05, 4.69) is 21.2 Å². The predicted molar refractivity (Wildman–Crippen MR) is 67.1 cm³/mol. The molecular weight excluding hydrogens is 276 g/mol. The lowest BCUT2D eigenvalue weighted by Crippen LogP contribution is -2.26. The Morgan fingerprint density at radius 2 is 2.47 bits per heavy atom. The van der Waals surface area contributed by atoms with E-state index in [0.717, 1.165) is 9.35 Å². The van der Waals surface area contributed by atoms with Crippen LogP contribution in [0, 0.1) is 0 Å². The lowest BCUT2D eigenvalue weighted by molar-refractivity contribution is -0.121. The monoisotopic (exact) mass is 290 g/mol. The van der Waals surface area contributed by atoms with Crippen LogP contribution in [0.25, 0.3) is 0 Å². The van der Waals surface area contributed by atoms with E-state index in [9.17, 15) is 4.79 Å². The molecule has 0 aliphatic rings. The van der Waals surface area contributed by atoms with Gasteiger partial charge in [-0.1, -0.05) is 0 Å². The first-order valence-electron chi connectivity index (χ1n) is 4.88. The van der Waals surface area contributed by atoms with Crippen molar-refractivity contribution < 1.29 is 4.79 Å². The van der Waals surface area contributed by atoms with Crippen LogP contribution in [0.3, 0.4) is 0 Å². The van der Waals surface area contributed by atoms with Crippen molar-refractivity contribution in [2.45, 2.75) is 19.3 Å². The molecule has 0 radical (unpaired) electrons. The van der Waals surface area contributed by atoms with Crippen molar-refractivity contribution in [2.75, 3.05) is 13.1 Å². The molecule has 15 heavy (non-hydrogen) atoms. The smallest absolute Gasteiger partial charge is 0.220 e. The second-order valence-electron chi connectivity index (χ2n) is 3.26.